The van der Waals surface area contributed by atoms with E-state index in [9.17, 15) is 14.4 Å². The molecule has 1 aliphatic rings. The van der Waals surface area contributed by atoms with Crippen LogP contribution in [-0.4, -0.2) is 39.5 Å². The summed E-state index contributed by atoms with van der Waals surface area (Å²) < 4.78 is 6.47. The van der Waals surface area contributed by atoms with Crippen molar-refractivity contribution < 1.29 is 14.3 Å². The van der Waals surface area contributed by atoms with Crippen LogP contribution >= 0.6 is 23.1 Å². The fourth-order valence-electron chi connectivity index (χ4n) is 3.19. The molecule has 2 heterocycles. The third kappa shape index (κ3) is 4.49. The highest BCUT2D eigenvalue weighted by molar-refractivity contribution is 7.99. The van der Waals surface area contributed by atoms with Crippen molar-refractivity contribution in [2.45, 2.75) is 57.1 Å². The maximum Gasteiger partial charge on any atom is 0.343 e. The lowest BCUT2D eigenvalue weighted by molar-refractivity contribution is -0.113. The van der Waals surface area contributed by atoms with E-state index in [0.29, 0.717) is 22.3 Å². The van der Waals surface area contributed by atoms with Crippen LogP contribution in [0.2, 0.25) is 0 Å². The molecule has 28 heavy (non-hydrogen) atoms. The van der Waals surface area contributed by atoms with Gasteiger partial charge in [-0.1, -0.05) is 25.1 Å². The van der Waals surface area contributed by atoms with Crippen molar-refractivity contribution in [3.8, 4) is 0 Å². The van der Waals surface area contributed by atoms with Gasteiger partial charge >= 0.3 is 11.7 Å². The molecule has 0 radical (unpaired) electrons. The molecular weight excluding hydrogens is 400 g/mol. The Hall–Kier alpha value is -2.07. The molecule has 0 bridgehead atoms. The number of aromatic amines is 1. The molecule has 1 aliphatic carbocycles. The van der Waals surface area contributed by atoms with Gasteiger partial charge in [0.05, 0.1) is 18.4 Å². The summed E-state index contributed by atoms with van der Waals surface area (Å²) in [6, 6.07) is 0. The number of ether oxygens (including phenoxy) is 1. The van der Waals surface area contributed by atoms with E-state index in [0.717, 1.165) is 49.0 Å². The zero-order valence-corrected chi connectivity index (χ0v) is 17.6. The van der Waals surface area contributed by atoms with E-state index in [1.165, 1.54) is 30.2 Å². The number of thiophene rings is 1. The number of anilines is 1. The third-order valence-corrected chi connectivity index (χ3v) is 6.79. The number of amides is 1. The number of nitrogens with zero attached hydrogens (tertiary/aromatic N) is 2. The van der Waals surface area contributed by atoms with Gasteiger partial charge in [0.15, 0.2) is 5.16 Å². The number of H-pyrrole nitrogens is 1. The number of aromatic nitrogens is 3. The zero-order valence-electron chi connectivity index (χ0n) is 16.0. The van der Waals surface area contributed by atoms with Crippen LogP contribution in [0.4, 0.5) is 5.00 Å². The van der Waals surface area contributed by atoms with Gasteiger partial charge in [0.25, 0.3) is 0 Å². The Morgan fingerprint density at radius 2 is 2.14 bits per heavy atom. The number of rotatable bonds is 8. The van der Waals surface area contributed by atoms with E-state index in [4.69, 9.17) is 4.74 Å². The van der Waals surface area contributed by atoms with Crippen molar-refractivity contribution in [2.24, 2.45) is 0 Å². The first-order valence-electron chi connectivity index (χ1n) is 9.35. The normalized spacial score (nSPS) is 13.2. The molecule has 1 amide bonds. The third-order valence-electron chi connectivity index (χ3n) is 4.60. The molecule has 0 saturated heterocycles. The summed E-state index contributed by atoms with van der Waals surface area (Å²) in [5.74, 6) is -0.561. The van der Waals surface area contributed by atoms with Gasteiger partial charge in [0.1, 0.15) is 5.00 Å². The molecule has 0 unspecified atom stereocenters. The van der Waals surface area contributed by atoms with Crippen LogP contribution in [0, 0.1) is 0 Å². The lowest BCUT2D eigenvalue weighted by Crippen LogP contribution is -2.19. The average molecular weight is 425 g/mol. The van der Waals surface area contributed by atoms with Crippen LogP contribution in [0.15, 0.2) is 9.95 Å². The predicted molar refractivity (Wildman–Crippen MR) is 109 cm³/mol. The Kier molecular flexibility index (Phi) is 6.95. The minimum absolute atomic E-state index is 0.0968. The Labute approximate surface area is 171 Å². The molecule has 0 aliphatic heterocycles. The molecule has 2 aromatic rings. The number of nitrogens with one attached hydrogen (secondary N) is 2. The molecule has 2 N–H and O–H groups in total. The number of unbranched alkanes of at least 4 members (excludes halogenated alkanes) is 1. The number of hydrogen-bond acceptors (Lipinski definition) is 7. The topological polar surface area (TPSA) is 106 Å². The fraction of sp³-hybridized carbons (Fsp3) is 0.556. The second-order valence-corrected chi connectivity index (χ2v) is 8.61. The quantitative estimate of drug-likeness (QED) is 0.499. The maximum absolute atomic E-state index is 12.5. The largest absolute Gasteiger partial charge is 0.465 e. The van der Waals surface area contributed by atoms with Crippen molar-refractivity contribution in [3.63, 3.8) is 0 Å². The minimum atomic E-state index is -0.414. The van der Waals surface area contributed by atoms with E-state index >= 15 is 0 Å². The van der Waals surface area contributed by atoms with Gasteiger partial charge in [-0.2, -0.15) is 0 Å². The van der Waals surface area contributed by atoms with Gasteiger partial charge < -0.3 is 10.1 Å². The molecule has 3 rings (SSSR count). The fourth-order valence-corrected chi connectivity index (χ4v) is 5.26. The van der Waals surface area contributed by atoms with Crippen molar-refractivity contribution in [1.29, 1.82) is 0 Å². The molecule has 0 fully saturated rings. The number of thioether (sulfide) groups is 1. The number of methoxy groups -OCH3 is 1. The van der Waals surface area contributed by atoms with E-state index in [2.05, 4.69) is 15.5 Å². The van der Waals surface area contributed by atoms with Crippen LogP contribution in [0.3, 0.4) is 0 Å². The number of fused-ring (bicyclic) bond motifs is 1. The van der Waals surface area contributed by atoms with E-state index < -0.39 is 5.97 Å². The number of hydrogen-bond donors (Lipinski definition) is 2. The van der Waals surface area contributed by atoms with Crippen molar-refractivity contribution in [3.05, 3.63) is 26.5 Å². The monoisotopic (exact) mass is 424 g/mol. The average Bonchev–Trinajstić information content (AvgIpc) is 3.23. The first-order chi connectivity index (χ1) is 13.5. The summed E-state index contributed by atoms with van der Waals surface area (Å²) in [7, 11) is 1.35. The summed E-state index contributed by atoms with van der Waals surface area (Å²) in [4.78, 5) is 37.7. The Bertz CT molecular complexity index is 915. The van der Waals surface area contributed by atoms with Crippen molar-refractivity contribution >= 4 is 40.0 Å². The standard InChI is InChI=1S/C18H24N4O4S2/c1-3-4-9-22-17(25)20-21-18(22)27-10-13(23)19-15-14(16(24)26-2)11-7-5-6-8-12(11)28-15/h3-10H2,1-2H3,(H,19,23)(H,20,25). The van der Waals surface area contributed by atoms with Crippen molar-refractivity contribution in [1.82, 2.24) is 14.8 Å². The first-order valence-corrected chi connectivity index (χ1v) is 11.2. The Morgan fingerprint density at radius 3 is 2.89 bits per heavy atom. The summed E-state index contributed by atoms with van der Waals surface area (Å²) >= 11 is 2.65. The van der Waals surface area contributed by atoms with Crippen LogP contribution in [0.5, 0.6) is 0 Å². The molecule has 10 heteroatoms. The maximum atomic E-state index is 12.5. The van der Waals surface area contributed by atoms with Gasteiger partial charge in [-0.15, -0.1) is 16.4 Å². The van der Waals surface area contributed by atoms with Crippen LogP contribution in [-0.2, 0) is 28.9 Å². The van der Waals surface area contributed by atoms with Crippen molar-refractivity contribution in [2.75, 3.05) is 18.2 Å². The molecule has 0 atom stereocenters. The lowest BCUT2D eigenvalue weighted by Gasteiger charge is -2.11. The molecule has 0 saturated carbocycles. The molecule has 0 spiro atoms. The molecule has 152 valence electrons. The van der Waals surface area contributed by atoms with Gasteiger partial charge in [0.2, 0.25) is 5.91 Å². The van der Waals surface area contributed by atoms with Crippen LogP contribution < -0.4 is 11.0 Å². The highest BCUT2D eigenvalue weighted by Crippen LogP contribution is 2.38. The second kappa shape index (κ2) is 9.42. The summed E-state index contributed by atoms with van der Waals surface area (Å²) in [5, 5.41) is 10.3. The SMILES string of the molecule is CCCCn1c(SCC(=O)Nc2sc3c(c2C(=O)OC)CCCC3)n[nH]c1=O. The highest BCUT2D eigenvalue weighted by Gasteiger charge is 2.27. The number of carbonyl (C=O) groups excluding carboxylic acids is 2. The summed E-state index contributed by atoms with van der Waals surface area (Å²) in [5.41, 5.74) is 1.22. The minimum Gasteiger partial charge on any atom is -0.465 e. The summed E-state index contributed by atoms with van der Waals surface area (Å²) in [6.07, 6.45) is 5.70. The zero-order chi connectivity index (χ0) is 20.1. The summed E-state index contributed by atoms with van der Waals surface area (Å²) in [6.45, 7) is 2.62. The Morgan fingerprint density at radius 1 is 1.36 bits per heavy atom. The van der Waals surface area contributed by atoms with Crippen LogP contribution in [0.25, 0.3) is 0 Å². The molecule has 2 aromatic heterocycles. The van der Waals surface area contributed by atoms with Gasteiger partial charge in [-0.3, -0.25) is 9.36 Å². The van der Waals surface area contributed by atoms with Gasteiger partial charge in [-0.25, -0.2) is 14.7 Å². The van der Waals surface area contributed by atoms with Crippen LogP contribution in [0.1, 0.15) is 53.4 Å². The van der Waals surface area contributed by atoms with E-state index in [1.807, 2.05) is 6.92 Å². The molecule has 0 aromatic carbocycles. The number of carbonyl (C=O) groups is 2. The number of aryl methyl sites for hydroxylation is 1. The van der Waals surface area contributed by atoms with Gasteiger partial charge in [0, 0.05) is 11.4 Å². The lowest BCUT2D eigenvalue weighted by atomic mass is 9.95. The smallest absolute Gasteiger partial charge is 0.343 e. The van der Waals surface area contributed by atoms with E-state index in [-0.39, 0.29) is 17.3 Å². The molecular formula is C18H24N4O4S2. The second-order valence-electron chi connectivity index (χ2n) is 6.56. The molecule has 8 nitrogen and oxygen atoms in total. The first kappa shape index (κ1) is 20.7. The predicted octanol–water partition coefficient (Wildman–Crippen LogP) is 2.83. The number of esters is 1. The van der Waals surface area contributed by atoms with Gasteiger partial charge in [-0.05, 0) is 37.7 Å². The van der Waals surface area contributed by atoms with E-state index in [1.54, 1.807) is 4.57 Å². The highest BCUT2D eigenvalue weighted by atomic mass is 32.2. The Balaban J connectivity index is 1.70.